The van der Waals surface area contributed by atoms with E-state index in [4.69, 9.17) is 4.74 Å². The van der Waals surface area contributed by atoms with Gasteiger partial charge in [0.1, 0.15) is 5.75 Å². The molecule has 7 nitrogen and oxygen atoms in total. The number of hydrogen-bond donors (Lipinski definition) is 1. The van der Waals surface area contributed by atoms with Crippen LogP contribution in [0.15, 0.2) is 52.2 Å². The number of aromatic nitrogens is 2. The van der Waals surface area contributed by atoms with E-state index in [9.17, 15) is 13.2 Å². The molecule has 1 aliphatic carbocycles. The summed E-state index contributed by atoms with van der Waals surface area (Å²) in [5.74, 6) is 0.672. The van der Waals surface area contributed by atoms with E-state index >= 15 is 0 Å². The van der Waals surface area contributed by atoms with Gasteiger partial charge in [-0.15, -0.1) is 0 Å². The summed E-state index contributed by atoms with van der Waals surface area (Å²) in [6.45, 7) is 1.92. The molecule has 168 valence electrons. The van der Waals surface area contributed by atoms with Crippen molar-refractivity contribution in [3.63, 3.8) is 0 Å². The molecule has 1 N–H and O–H groups in total. The highest BCUT2D eigenvalue weighted by molar-refractivity contribution is 7.89. The van der Waals surface area contributed by atoms with Crippen LogP contribution in [0, 0.1) is 6.92 Å². The number of nitrogens with zero attached hydrogens (tertiary/aromatic N) is 2. The number of benzene rings is 2. The maximum absolute atomic E-state index is 13.2. The molecule has 0 spiro atoms. The fourth-order valence-electron chi connectivity index (χ4n) is 4.16. The lowest BCUT2D eigenvalue weighted by Gasteiger charge is -2.20. The fraction of sp³-hybridized carbons (Fsp3) is 0.333. The Bertz CT molecular complexity index is 1330. The third-order valence-electron chi connectivity index (χ3n) is 5.91. The smallest absolute Gasteiger partial charge is 0.269 e. The van der Waals surface area contributed by atoms with Gasteiger partial charge in [0.05, 0.1) is 17.7 Å². The SMILES string of the molecule is COc1cccc(CNS(=O)(=O)c2cc(-c3nn(C)c(=O)c4c3CCCC4)ccc2C)c1. The number of rotatable bonds is 6. The maximum Gasteiger partial charge on any atom is 0.269 e. The second kappa shape index (κ2) is 8.88. The van der Waals surface area contributed by atoms with Gasteiger partial charge in [0.25, 0.3) is 5.56 Å². The Morgan fingerprint density at radius 2 is 1.84 bits per heavy atom. The van der Waals surface area contributed by atoms with Crippen molar-refractivity contribution in [2.24, 2.45) is 7.05 Å². The van der Waals surface area contributed by atoms with Crippen molar-refractivity contribution >= 4 is 10.0 Å². The van der Waals surface area contributed by atoms with Crippen molar-refractivity contribution < 1.29 is 13.2 Å². The summed E-state index contributed by atoms with van der Waals surface area (Å²) in [4.78, 5) is 12.7. The first kappa shape index (κ1) is 22.2. The third-order valence-corrected chi connectivity index (χ3v) is 7.45. The van der Waals surface area contributed by atoms with E-state index in [0.717, 1.165) is 42.4 Å². The molecule has 0 saturated heterocycles. The third kappa shape index (κ3) is 4.33. The van der Waals surface area contributed by atoms with Gasteiger partial charge in [-0.3, -0.25) is 4.79 Å². The van der Waals surface area contributed by atoms with Crippen LogP contribution in [-0.4, -0.2) is 25.3 Å². The van der Waals surface area contributed by atoms with Gasteiger partial charge in [-0.1, -0.05) is 24.3 Å². The minimum absolute atomic E-state index is 0.0663. The summed E-state index contributed by atoms with van der Waals surface area (Å²) in [6, 6.07) is 12.6. The number of nitrogens with one attached hydrogen (secondary N) is 1. The second-order valence-corrected chi connectivity index (χ2v) is 9.83. The molecule has 8 heteroatoms. The topological polar surface area (TPSA) is 90.3 Å². The highest BCUT2D eigenvalue weighted by atomic mass is 32.2. The molecule has 0 atom stereocenters. The van der Waals surface area contributed by atoms with Gasteiger partial charge in [0.15, 0.2) is 0 Å². The zero-order chi connectivity index (χ0) is 22.9. The van der Waals surface area contributed by atoms with Crippen LogP contribution in [0.5, 0.6) is 5.75 Å². The van der Waals surface area contributed by atoms with Gasteiger partial charge in [-0.25, -0.2) is 17.8 Å². The van der Waals surface area contributed by atoms with E-state index in [1.807, 2.05) is 24.3 Å². The monoisotopic (exact) mass is 453 g/mol. The molecule has 32 heavy (non-hydrogen) atoms. The summed E-state index contributed by atoms with van der Waals surface area (Å²) >= 11 is 0. The highest BCUT2D eigenvalue weighted by Gasteiger charge is 2.23. The molecule has 0 aliphatic heterocycles. The molecular weight excluding hydrogens is 426 g/mol. The average Bonchev–Trinajstić information content (AvgIpc) is 2.80. The molecule has 1 aromatic heterocycles. The van der Waals surface area contributed by atoms with Crippen molar-refractivity contribution in [1.82, 2.24) is 14.5 Å². The molecular formula is C24H27N3O4S. The Labute approximate surface area is 188 Å². The van der Waals surface area contributed by atoms with Crippen molar-refractivity contribution in [3.8, 4) is 17.0 Å². The van der Waals surface area contributed by atoms with Gasteiger partial charge in [0, 0.05) is 24.7 Å². The van der Waals surface area contributed by atoms with E-state index in [0.29, 0.717) is 22.6 Å². The first-order chi connectivity index (χ1) is 15.3. The minimum Gasteiger partial charge on any atom is -0.497 e. The minimum atomic E-state index is -3.77. The first-order valence-corrected chi connectivity index (χ1v) is 12.1. The van der Waals surface area contributed by atoms with E-state index in [1.165, 1.54) is 4.68 Å². The van der Waals surface area contributed by atoms with Gasteiger partial charge in [-0.2, -0.15) is 5.10 Å². The Morgan fingerprint density at radius 1 is 1.09 bits per heavy atom. The lowest BCUT2D eigenvalue weighted by Crippen LogP contribution is -2.28. The van der Waals surface area contributed by atoms with Gasteiger partial charge < -0.3 is 4.74 Å². The molecule has 0 amide bonds. The quantitative estimate of drug-likeness (QED) is 0.619. The van der Waals surface area contributed by atoms with E-state index in [1.54, 1.807) is 39.3 Å². The van der Waals surface area contributed by atoms with Crippen molar-refractivity contribution in [2.45, 2.75) is 44.0 Å². The number of ether oxygens (including phenoxy) is 1. The van der Waals surface area contributed by atoms with E-state index in [2.05, 4.69) is 9.82 Å². The van der Waals surface area contributed by atoms with Crippen LogP contribution < -0.4 is 15.0 Å². The zero-order valence-corrected chi connectivity index (χ0v) is 19.3. The Balaban J connectivity index is 1.70. The molecule has 0 bridgehead atoms. The van der Waals surface area contributed by atoms with Crippen LogP contribution in [0.3, 0.4) is 0 Å². The van der Waals surface area contributed by atoms with Gasteiger partial charge >= 0.3 is 0 Å². The van der Waals surface area contributed by atoms with E-state index < -0.39 is 10.0 Å². The van der Waals surface area contributed by atoms with Crippen LogP contribution >= 0.6 is 0 Å². The predicted molar refractivity (Wildman–Crippen MR) is 123 cm³/mol. The van der Waals surface area contributed by atoms with Crippen LogP contribution in [0.4, 0.5) is 0 Å². The Kier molecular flexibility index (Phi) is 6.17. The zero-order valence-electron chi connectivity index (χ0n) is 18.5. The molecule has 2 aromatic carbocycles. The predicted octanol–water partition coefficient (Wildman–Crippen LogP) is 3.12. The lowest BCUT2D eigenvalue weighted by atomic mass is 9.89. The molecule has 1 aliphatic rings. The lowest BCUT2D eigenvalue weighted by molar-refractivity contribution is 0.414. The summed E-state index contributed by atoms with van der Waals surface area (Å²) in [5.41, 5.74) is 4.50. The number of sulfonamides is 1. The largest absolute Gasteiger partial charge is 0.497 e. The molecule has 0 fully saturated rings. The fourth-order valence-corrected chi connectivity index (χ4v) is 5.45. The summed E-state index contributed by atoms with van der Waals surface area (Å²) in [7, 11) is -0.551. The number of fused-ring (bicyclic) bond motifs is 1. The summed E-state index contributed by atoms with van der Waals surface area (Å²) < 4.78 is 35.6. The van der Waals surface area contributed by atoms with Crippen LogP contribution in [0.1, 0.15) is 35.1 Å². The van der Waals surface area contributed by atoms with E-state index in [-0.39, 0.29) is 17.0 Å². The molecule has 0 unspecified atom stereocenters. The normalized spacial score (nSPS) is 13.6. The molecule has 0 radical (unpaired) electrons. The number of aryl methyl sites for hydroxylation is 2. The van der Waals surface area contributed by atoms with Crippen LogP contribution in [0.2, 0.25) is 0 Å². The molecule has 0 saturated carbocycles. The molecule has 3 aromatic rings. The molecule has 1 heterocycles. The van der Waals surface area contributed by atoms with Crippen LogP contribution in [-0.2, 0) is 36.5 Å². The second-order valence-electron chi connectivity index (χ2n) is 8.10. The van der Waals surface area contributed by atoms with Crippen molar-refractivity contribution in [3.05, 3.63) is 75.1 Å². The first-order valence-electron chi connectivity index (χ1n) is 10.6. The van der Waals surface area contributed by atoms with Gasteiger partial charge in [-0.05, 0) is 67.5 Å². The number of hydrogen-bond acceptors (Lipinski definition) is 5. The Morgan fingerprint density at radius 3 is 2.59 bits per heavy atom. The van der Waals surface area contributed by atoms with Crippen LogP contribution in [0.25, 0.3) is 11.3 Å². The van der Waals surface area contributed by atoms with Gasteiger partial charge in [0.2, 0.25) is 10.0 Å². The maximum atomic E-state index is 13.2. The standard InChI is InChI=1S/C24H27N3O4S/c1-16-11-12-18(23-20-9-4-5-10-21(20)24(28)27(2)26-23)14-22(16)32(29,30)25-15-17-7-6-8-19(13-17)31-3/h6-8,11-14,25H,4-5,9-10,15H2,1-3H3. The summed E-state index contributed by atoms with van der Waals surface area (Å²) in [5, 5.41) is 4.50. The number of methoxy groups -OCH3 is 1. The summed E-state index contributed by atoms with van der Waals surface area (Å²) in [6.07, 6.45) is 3.48. The average molecular weight is 454 g/mol. The van der Waals surface area contributed by atoms with Crippen molar-refractivity contribution in [2.75, 3.05) is 7.11 Å². The highest BCUT2D eigenvalue weighted by Crippen LogP contribution is 2.30. The van der Waals surface area contributed by atoms with Crippen molar-refractivity contribution in [1.29, 1.82) is 0 Å². The Hall–Kier alpha value is -2.97. The molecule has 4 rings (SSSR count).